The van der Waals surface area contributed by atoms with Crippen LogP contribution in [0.5, 0.6) is 5.75 Å². The number of anilines is 2. The van der Waals surface area contributed by atoms with Gasteiger partial charge in [0, 0.05) is 21.8 Å². The zero-order valence-electron chi connectivity index (χ0n) is 10.0. The normalized spacial score (nSPS) is 10.2. The summed E-state index contributed by atoms with van der Waals surface area (Å²) in [6.07, 6.45) is 1.50. The van der Waals surface area contributed by atoms with E-state index < -0.39 is 0 Å². The van der Waals surface area contributed by atoms with Gasteiger partial charge in [-0.15, -0.1) is 11.3 Å². The molecule has 18 heavy (non-hydrogen) atoms. The molecule has 0 aliphatic heterocycles. The number of hydrogen-bond acceptors (Lipinski definition) is 6. The van der Waals surface area contributed by atoms with E-state index in [9.17, 15) is 0 Å². The monoisotopic (exact) mass is 328 g/mol. The lowest BCUT2D eigenvalue weighted by atomic mass is 10.4. The largest absolute Gasteiger partial charge is 0.490 e. The molecule has 0 amide bonds. The average Bonchev–Trinajstić information content (AvgIpc) is 2.81. The molecule has 0 atom stereocenters. The van der Waals surface area contributed by atoms with Gasteiger partial charge in [0.2, 0.25) is 5.75 Å². The lowest BCUT2D eigenvalue weighted by Crippen LogP contribution is -2.05. The van der Waals surface area contributed by atoms with Gasteiger partial charge in [0.25, 0.3) is 0 Å². The summed E-state index contributed by atoms with van der Waals surface area (Å²) in [7, 11) is 3.40. The molecule has 2 heterocycles. The van der Waals surface area contributed by atoms with E-state index in [4.69, 9.17) is 4.74 Å². The van der Waals surface area contributed by atoms with Crippen LogP contribution in [0, 0.1) is 0 Å². The number of ether oxygens (including phenoxy) is 1. The predicted molar refractivity (Wildman–Crippen MR) is 77.5 cm³/mol. The summed E-state index contributed by atoms with van der Waals surface area (Å²) in [5, 5.41) is 8.26. The molecule has 0 saturated heterocycles. The number of aromatic nitrogens is 2. The summed E-state index contributed by atoms with van der Waals surface area (Å²) in [5.74, 6) is 1.97. The summed E-state index contributed by atoms with van der Waals surface area (Å²) in [6, 6.07) is 2.07. The molecule has 2 aromatic rings. The first-order valence-corrected chi connectivity index (χ1v) is 6.95. The van der Waals surface area contributed by atoms with Crippen molar-refractivity contribution in [2.75, 3.05) is 24.8 Å². The highest BCUT2D eigenvalue weighted by atomic mass is 79.9. The second-order valence-corrected chi connectivity index (χ2v) is 5.35. The van der Waals surface area contributed by atoms with E-state index in [0.717, 1.165) is 4.47 Å². The van der Waals surface area contributed by atoms with Gasteiger partial charge in [-0.3, -0.25) is 0 Å². The molecule has 0 fully saturated rings. The van der Waals surface area contributed by atoms with Crippen LogP contribution in [0.4, 0.5) is 11.6 Å². The van der Waals surface area contributed by atoms with Crippen LogP contribution in [0.3, 0.4) is 0 Å². The predicted octanol–water partition coefficient (Wildman–Crippen LogP) is 2.96. The first-order chi connectivity index (χ1) is 8.74. The number of nitrogens with zero attached hydrogens (tertiary/aromatic N) is 2. The van der Waals surface area contributed by atoms with Gasteiger partial charge in [0.1, 0.15) is 6.33 Å². The maximum absolute atomic E-state index is 5.31. The Labute approximate surface area is 118 Å². The van der Waals surface area contributed by atoms with E-state index in [2.05, 4.69) is 42.6 Å². The Morgan fingerprint density at radius 1 is 1.39 bits per heavy atom. The molecule has 5 nitrogen and oxygen atoms in total. The van der Waals surface area contributed by atoms with Crippen molar-refractivity contribution >= 4 is 38.9 Å². The molecule has 96 valence electrons. The molecule has 0 aliphatic carbocycles. The third-order valence-electron chi connectivity index (χ3n) is 2.30. The van der Waals surface area contributed by atoms with E-state index in [1.807, 2.05) is 5.38 Å². The number of rotatable bonds is 5. The molecule has 0 radical (unpaired) electrons. The van der Waals surface area contributed by atoms with E-state index in [1.54, 1.807) is 25.5 Å². The van der Waals surface area contributed by atoms with Gasteiger partial charge < -0.3 is 15.4 Å². The van der Waals surface area contributed by atoms with Gasteiger partial charge in [-0.2, -0.15) is 0 Å². The number of thiophene rings is 1. The second-order valence-electron chi connectivity index (χ2n) is 3.44. The summed E-state index contributed by atoms with van der Waals surface area (Å²) >= 11 is 5.11. The Hall–Kier alpha value is -1.34. The maximum Gasteiger partial charge on any atom is 0.204 e. The van der Waals surface area contributed by atoms with Crippen LogP contribution < -0.4 is 15.4 Å². The lowest BCUT2D eigenvalue weighted by molar-refractivity contribution is 0.415. The van der Waals surface area contributed by atoms with Crippen molar-refractivity contribution in [3.05, 3.63) is 27.1 Å². The fraction of sp³-hybridized carbons (Fsp3) is 0.273. The molecule has 2 N–H and O–H groups in total. The van der Waals surface area contributed by atoms with Crippen LogP contribution in [0.1, 0.15) is 4.88 Å². The highest BCUT2D eigenvalue weighted by molar-refractivity contribution is 9.10. The van der Waals surface area contributed by atoms with Gasteiger partial charge >= 0.3 is 0 Å². The zero-order valence-corrected chi connectivity index (χ0v) is 12.4. The molecule has 0 aromatic carbocycles. The molecular weight excluding hydrogens is 316 g/mol. The first kappa shape index (κ1) is 13.1. The highest BCUT2D eigenvalue weighted by Gasteiger charge is 2.10. The van der Waals surface area contributed by atoms with E-state index >= 15 is 0 Å². The third kappa shape index (κ3) is 2.91. The summed E-state index contributed by atoms with van der Waals surface area (Å²) in [5.41, 5.74) is 0. The molecule has 2 rings (SSSR count). The van der Waals surface area contributed by atoms with Crippen molar-refractivity contribution in [2.45, 2.75) is 6.54 Å². The molecule has 0 unspecified atom stereocenters. The van der Waals surface area contributed by atoms with Crippen LogP contribution in [-0.4, -0.2) is 24.1 Å². The molecular formula is C11H13BrN4OS. The Morgan fingerprint density at radius 2 is 2.17 bits per heavy atom. The van der Waals surface area contributed by atoms with E-state index in [-0.39, 0.29) is 0 Å². The van der Waals surface area contributed by atoms with Crippen molar-refractivity contribution in [1.82, 2.24) is 9.97 Å². The Balaban J connectivity index is 2.13. The van der Waals surface area contributed by atoms with Crippen LogP contribution in [-0.2, 0) is 6.54 Å². The number of nitrogens with one attached hydrogen (secondary N) is 2. The Kier molecular flexibility index (Phi) is 4.38. The molecule has 0 saturated carbocycles. The molecule has 0 bridgehead atoms. The zero-order chi connectivity index (χ0) is 13.0. The van der Waals surface area contributed by atoms with Crippen molar-refractivity contribution in [1.29, 1.82) is 0 Å². The summed E-state index contributed by atoms with van der Waals surface area (Å²) < 4.78 is 6.40. The molecule has 7 heteroatoms. The minimum atomic E-state index is 0.621. The van der Waals surface area contributed by atoms with Crippen LogP contribution in [0.15, 0.2) is 22.2 Å². The second kappa shape index (κ2) is 6.01. The lowest BCUT2D eigenvalue weighted by Gasteiger charge is -2.11. The van der Waals surface area contributed by atoms with E-state index in [0.29, 0.717) is 23.9 Å². The fourth-order valence-electron chi connectivity index (χ4n) is 1.49. The van der Waals surface area contributed by atoms with Crippen LogP contribution in [0.25, 0.3) is 0 Å². The minimum Gasteiger partial charge on any atom is -0.490 e. The van der Waals surface area contributed by atoms with Gasteiger partial charge in [-0.05, 0) is 22.0 Å². The number of halogens is 1. The van der Waals surface area contributed by atoms with Gasteiger partial charge in [0.15, 0.2) is 11.6 Å². The molecule has 2 aromatic heterocycles. The fourth-order valence-corrected chi connectivity index (χ4v) is 2.88. The number of hydrogen-bond donors (Lipinski definition) is 2. The van der Waals surface area contributed by atoms with Gasteiger partial charge in [0.05, 0.1) is 13.7 Å². The maximum atomic E-state index is 5.31. The third-order valence-corrected chi connectivity index (χ3v) is 3.99. The number of methoxy groups -OCH3 is 1. The smallest absolute Gasteiger partial charge is 0.204 e. The van der Waals surface area contributed by atoms with Crippen molar-refractivity contribution in [2.24, 2.45) is 0 Å². The van der Waals surface area contributed by atoms with Gasteiger partial charge in [-0.1, -0.05) is 0 Å². The Bertz CT molecular complexity index is 532. The summed E-state index contributed by atoms with van der Waals surface area (Å²) in [4.78, 5) is 9.50. The molecule has 0 aliphatic rings. The topological polar surface area (TPSA) is 59.1 Å². The molecule has 0 spiro atoms. The van der Waals surface area contributed by atoms with E-state index in [1.165, 1.54) is 11.2 Å². The van der Waals surface area contributed by atoms with Crippen molar-refractivity contribution < 1.29 is 4.74 Å². The standard InChI is InChI=1S/C11H13BrN4OS/c1-13-10-9(17-2)11(16-6-15-10)14-4-8-3-7(12)5-18-8/h3,5-6H,4H2,1-2H3,(H2,13,14,15,16). The Morgan fingerprint density at radius 3 is 2.78 bits per heavy atom. The van der Waals surface area contributed by atoms with Crippen molar-refractivity contribution in [3.8, 4) is 5.75 Å². The quantitative estimate of drug-likeness (QED) is 0.883. The van der Waals surface area contributed by atoms with Crippen LogP contribution >= 0.6 is 27.3 Å². The average molecular weight is 329 g/mol. The van der Waals surface area contributed by atoms with Gasteiger partial charge in [-0.25, -0.2) is 9.97 Å². The first-order valence-electron chi connectivity index (χ1n) is 5.28. The highest BCUT2D eigenvalue weighted by Crippen LogP contribution is 2.29. The SMILES string of the molecule is CNc1ncnc(NCc2cc(Br)cs2)c1OC. The van der Waals surface area contributed by atoms with Crippen molar-refractivity contribution in [3.63, 3.8) is 0 Å². The summed E-state index contributed by atoms with van der Waals surface area (Å²) in [6.45, 7) is 0.701. The van der Waals surface area contributed by atoms with Crippen LogP contribution in [0.2, 0.25) is 0 Å². The minimum absolute atomic E-state index is 0.621.